The molecule has 5 heteroatoms. The number of benzene rings is 2. The van der Waals surface area contributed by atoms with Gasteiger partial charge in [0.15, 0.2) is 5.78 Å². The molecule has 0 aliphatic rings. The number of halogens is 4. The van der Waals surface area contributed by atoms with Crippen LogP contribution in [0.2, 0.25) is 15.1 Å². The number of carbonyl (C=O) groups is 1. The fourth-order valence-corrected chi connectivity index (χ4v) is 2.53. The van der Waals surface area contributed by atoms with Crippen molar-refractivity contribution in [2.24, 2.45) is 0 Å². The van der Waals surface area contributed by atoms with E-state index < -0.39 is 11.6 Å². The van der Waals surface area contributed by atoms with Gasteiger partial charge < -0.3 is 0 Å². The van der Waals surface area contributed by atoms with E-state index in [1.165, 1.54) is 30.3 Å². The van der Waals surface area contributed by atoms with Crippen LogP contribution in [0, 0.1) is 5.82 Å². The summed E-state index contributed by atoms with van der Waals surface area (Å²) in [6.07, 6.45) is 0. The maximum Gasteiger partial charge on any atom is 0.198 e. The average Bonchev–Trinajstić information content (AvgIpc) is 2.27. The molecular weight excluding hydrogens is 297 g/mol. The molecule has 0 saturated carbocycles. The van der Waals surface area contributed by atoms with Crippen LogP contribution in [0.5, 0.6) is 0 Å². The predicted molar refractivity (Wildman–Crippen MR) is 71.3 cm³/mol. The number of rotatable bonds is 2. The molecule has 18 heavy (non-hydrogen) atoms. The topological polar surface area (TPSA) is 17.1 Å². The maximum absolute atomic E-state index is 13.5. The van der Waals surface area contributed by atoms with E-state index in [1.807, 2.05) is 0 Å². The van der Waals surface area contributed by atoms with Crippen LogP contribution in [0.15, 0.2) is 36.4 Å². The molecule has 0 N–H and O–H groups in total. The summed E-state index contributed by atoms with van der Waals surface area (Å²) in [4.78, 5) is 12.2. The average molecular weight is 304 g/mol. The van der Waals surface area contributed by atoms with Crippen molar-refractivity contribution >= 4 is 40.6 Å². The molecular formula is C13H6Cl3FO. The molecule has 0 unspecified atom stereocenters. The van der Waals surface area contributed by atoms with E-state index in [4.69, 9.17) is 34.8 Å². The van der Waals surface area contributed by atoms with Crippen LogP contribution < -0.4 is 0 Å². The summed E-state index contributed by atoms with van der Waals surface area (Å²) in [7, 11) is 0. The first-order valence-electron chi connectivity index (χ1n) is 4.94. The van der Waals surface area contributed by atoms with Crippen LogP contribution in [0.1, 0.15) is 15.9 Å². The second-order valence-electron chi connectivity index (χ2n) is 3.55. The Balaban J connectivity index is 2.57. The van der Waals surface area contributed by atoms with Crippen LogP contribution in [0.3, 0.4) is 0 Å². The van der Waals surface area contributed by atoms with Crippen LogP contribution in [0.4, 0.5) is 4.39 Å². The van der Waals surface area contributed by atoms with Gasteiger partial charge in [-0.1, -0.05) is 46.9 Å². The summed E-state index contributed by atoms with van der Waals surface area (Å²) in [5, 5.41) is 0.511. The lowest BCUT2D eigenvalue weighted by atomic mass is 10.0. The van der Waals surface area contributed by atoms with Crippen molar-refractivity contribution in [1.82, 2.24) is 0 Å². The van der Waals surface area contributed by atoms with Gasteiger partial charge in [-0.05, 0) is 24.3 Å². The number of carbonyl (C=O) groups excluding carboxylic acids is 1. The van der Waals surface area contributed by atoms with Gasteiger partial charge in [0.05, 0.1) is 21.2 Å². The lowest BCUT2D eigenvalue weighted by Gasteiger charge is -2.07. The van der Waals surface area contributed by atoms with Crippen LogP contribution in [0.25, 0.3) is 0 Å². The number of hydrogen-bond donors (Lipinski definition) is 0. The molecule has 0 amide bonds. The largest absolute Gasteiger partial charge is 0.288 e. The third-order valence-corrected chi connectivity index (χ3v) is 3.17. The zero-order valence-electron chi connectivity index (χ0n) is 8.88. The normalized spacial score (nSPS) is 10.4. The minimum Gasteiger partial charge on any atom is -0.288 e. The molecule has 1 nitrogen and oxygen atoms in total. The highest BCUT2D eigenvalue weighted by molar-refractivity contribution is 6.43. The minimum absolute atomic E-state index is 0.0489. The van der Waals surface area contributed by atoms with Gasteiger partial charge in [0.1, 0.15) is 5.82 Å². The Kier molecular flexibility index (Phi) is 3.91. The molecule has 2 aromatic rings. The monoisotopic (exact) mass is 302 g/mol. The smallest absolute Gasteiger partial charge is 0.198 e. The molecule has 0 saturated heterocycles. The van der Waals surface area contributed by atoms with Crippen molar-refractivity contribution < 1.29 is 9.18 Å². The zero-order chi connectivity index (χ0) is 13.3. The first-order chi connectivity index (χ1) is 8.50. The Morgan fingerprint density at radius 2 is 1.56 bits per heavy atom. The molecule has 92 valence electrons. The van der Waals surface area contributed by atoms with Gasteiger partial charge in [0.2, 0.25) is 0 Å². The summed E-state index contributed by atoms with van der Waals surface area (Å²) >= 11 is 17.6. The molecule has 2 rings (SSSR count). The van der Waals surface area contributed by atoms with E-state index in [9.17, 15) is 9.18 Å². The molecule has 0 atom stereocenters. The first kappa shape index (κ1) is 13.3. The molecule has 0 spiro atoms. The number of hydrogen-bond acceptors (Lipinski definition) is 1. The molecule has 0 radical (unpaired) electrons. The predicted octanol–water partition coefficient (Wildman–Crippen LogP) is 5.02. The molecule has 0 heterocycles. The third-order valence-electron chi connectivity index (χ3n) is 2.35. The lowest BCUT2D eigenvalue weighted by Crippen LogP contribution is -2.05. The van der Waals surface area contributed by atoms with E-state index in [2.05, 4.69) is 0 Å². The van der Waals surface area contributed by atoms with Gasteiger partial charge >= 0.3 is 0 Å². The molecule has 0 aliphatic heterocycles. The fraction of sp³-hybridized carbons (Fsp3) is 0. The Morgan fingerprint density at radius 3 is 2.11 bits per heavy atom. The van der Waals surface area contributed by atoms with Gasteiger partial charge in [0.25, 0.3) is 0 Å². The summed E-state index contributed by atoms with van der Waals surface area (Å²) in [5.41, 5.74) is -0.0311. The molecule has 0 fully saturated rings. The van der Waals surface area contributed by atoms with Crippen molar-refractivity contribution in [3.8, 4) is 0 Å². The summed E-state index contributed by atoms with van der Waals surface area (Å²) < 4.78 is 13.5. The minimum atomic E-state index is -0.621. The van der Waals surface area contributed by atoms with Crippen molar-refractivity contribution in [1.29, 1.82) is 0 Å². The second kappa shape index (κ2) is 5.27. The molecule has 2 aromatic carbocycles. The molecule has 0 bridgehead atoms. The first-order valence-corrected chi connectivity index (χ1v) is 6.08. The Morgan fingerprint density at radius 1 is 1.00 bits per heavy atom. The highest BCUT2D eigenvalue weighted by Gasteiger charge is 2.20. The van der Waals surface area contributed by atoms with Crippen molar-refractivity contribution in [2.75, 3.05) is 0 Å². The summed E-state index contributed by atoms with van der Waals surface area (Å²) in [5.74, 6) is -1.19. The Labute approximate surface area is 118 Å². The highest BCUT2D eigenvalue weighted by Crippen LogP contribution is 2.31. The van der Waals surface area contributed by atoms with Crippen LogP contribution >= 0.6 is 34.8 Å². The third kappa shape index (κ3) is 2.51. The second-order valence-corrected chi connectivity index (χ2v) is 4.80. The lowest BCUT2D eigenvalue weighted by molar-refractivity contribution is 0.103. The van der Waals surface area contributed by atoms with Crippen LogP contribution in [-0.4, -0.2) is 5.78 Å². The van der Waals surface area contributed by atoms with Crippen molar-refractivity contribution in [3.05, 3.63) is 68.4 Å². The standard InChI is InChI=1S/C13H6Cl3FO/c14-7-5-9(15)12(10(16)6-7)13(18)8-3-1-2-4-11(8)17/h1-6H. The van der Waals surface area contributed by atoms with Gasteiger partial charge in [-0.25, -0.2) is 4.39 Å². The van der Waals surface area contributed by atoms with E-state index >= 15 is 0 Å². The van der Waals surface area contributed by atoms with Crippen LogP contribution in [-0.2, 0) is 0 Å². The van der Waals surface area contributed by atoms with E-state index in [-0.39, 0.29) is 21.2 Å². The van der Waals surface area contributed by atoms with Gasteiger partial charge in [-0.15, -0.1) is 0 Å². The van der Waals surface area contributed by atoms with Gasteiger partial charge in [-0.2, -0.15) is 0 Å². The van der Waals surface area contributed by atoms with Crippen molar-refractivity contribution in [3.63, 3.8) is 0 Å². The maximum atomic E-state index is 13.5. The van der Waals surface area contributed by atoms with Gasteiger partial charge in [-0.3, -0.25) is 4.79 Å². The summed E-state index contributed by atoms with van der Waals surface area (Å²) in [6, 6.07) is 8.42. The number of ketones is 1. The van der Waals surface area contributed by atoms with E-state index in [1.54, 1.807) is 6.07 Å². The zero-order valence-corrected chi connectivity index (χ0v) is 11.2. The van der Waals surface area contributed by atoms with E-state index in [0.717, 1.165) is 0 Å². The SMILES string of the molecule is O=C(c1ccccc1F)c1c(Cl)cc(Cl)cc1Cl. The van der Waals surface area contributed by atoms with Crippen molar-refractivity contribution in [2.45, 2.75) is 0 Å². The van der Waals surface area contributed by atoms with Gasteiger partial charge in [0, 0.05) is 5.02 Å². The Hall–Kier alpha value is -1.09. The summed E-state index contributed by atoms with van der Waals surface area (Å²) in [6.45, 7) is 0. The highest BCUT2D eigenvalue weighted by atomic mass is 35.5. The molecule has 0 aromatic heterocycles. The van der Waals surface area contributed by atoms with E-state index in [0.29, 0.717) is 5.02 Å². The fourth-order valence-electron chi connectivity index (χ4n) is 1.54. The molecule has 0 aliphatic carbocycles. The quantitative estimate of drug-likeness (QED) is 0.712. The Bertz CT molecular complexity index is 602.